The summed E-state index contributed by atoms with van der Waals surface area (Å²) in [6.45, 7) is 6.11. The van der Waals surface area contributed by atoms with Gasteiger partial charge in [0.15, 0.2) is 0 Å². The van der Waals surface area contributed by atoms with Gasteiger partial charge in [-0.3, -0.25) is 4.90 Å². The van der Waals surface area contributed by atoms with Crippen molar-refractivity contribution in [2.75, 3.05) is 44.3 Å². The van der Waals surface area contributed by atoms with Crippen LogP contribution in [0.2, 0.25) is 0 Å². The first-order valence-electron chi connectivity index (χ1n) is 8.67. The van der Waals surface area contributed by atoms with Crippen molar-refractivity contribution >= 4 is 5.82 Å². The third-order valence-electron chi connectivity index (χ3n) is 4.76. The maximum Gasteiger partial charge on any atom is 0.230 e. The third-order valence-corrected chi connectivity index (χ3v) is 4.76. The van der Waals surface area contributed by atoms with Crippen LogP contribution in [0.4, 0.5) is 5.82 Å². The first-order valence-corrected chi connectivity index (χ1v) is 8.67. The molecule has 0 aliphatic carbocycles. The van der Waals surface area contributed by atoms with Gasteiger partial charge in [0, 0.05) is 38.3 Å². The third kappa shape index (κ3) is 3.57. The van der Waals surface area contributed by atoms with Crippen molar-refractivity contribution in [3.8, 4) is 0 Å². The summed E-state index contributed by atoms with van der Waals surface area (Å²) in [5.74, 6) is 2.92. The van der Waals surface area contributed by atoms with E-state index < -0.39 is 0 Å². The second-order valence-electron chi connectivity index (χ2n) is 6.37. The molecule has 2 saturated heterocycles. The van der Waals surface area contributed by atoms with Gasteiger partial charge in [-0.1, -0.05) is 6.07 Å². The Balaban J connectivity index is 1.32. The fraction of sp³-hybridized carbons (Fsp3) is 0.588. The zero-order valence-corrected chi connectivity index (χ0v) is 13.8. The Hall–Kier alpha value is -1.99. The summed E-state index contributed by atoms with van der Waals surface area (Å²) >= 11 is 0. The van der Waals surface area contributed by atoms with E-state index >= 15 is 0 Å². The number of aromatic nitrogens is 3. The molecule has 2 aromatic rings. The van der Waals surface area contributed by atoms with Crippen molar-refractivity contribution in [1.82, 2.24) is 20.1 Å². The molecule has 0 radical (unpaired) electrons. The smallest absolute Gasteiger partial charge is 0.230 e. The molecule has 0 atom stereocenters. The van der Waals surface area contributed by atoms with Gasteiger partial charge in [-0.25, -0.2) is 4.98 Å². The fourth-order valence-corrected chi connectivity index (χ4v) is 3.34. The second-order valence-corrected chi connectivity index (χ2v) is 6.37. The van der Waals surface area contributed by atoms with Gasteiger partial charge in [-0.2, -0.15) is 0 Å². The van der Waals surface area contributed by atoms with Crippen molar-refractivity contribution < 1.29 is 9.15 Å². The molecule has 2 aliphatic rings. The lowest BCUT2D eigenvalue weighted by Gasteiger charge is -2.31. The summed E-state index contributed by atoms with van der Waals surface area (Å²) in [4.78, 5) is 9.05. The topological polar surface area (TPSA) is 67.5 Å². The highest BCUT2D eigenvalue weighted by Gasteiger charge is 2.26. The van der Waals surface area contributed by atoms with Crippen LogP contribution in [0.1, 0.15) is 30.5 Å². The van der Waals surface area contributed by atoms with E-state index in [-0.39, 0.29) is 0 Å². The van der Waals surface area contributed by atoms with Crippen LogP contribution >= 0.6 is 0 Å². The van der Waals surface area contributed by atoms with E-state index in [1.807, 2.05) is 18.3 Å². The van der Waals surface area contributed by atoms with E-state index in [4.69, 9.17) is 9.15 Å². The van der Waals surface area contributed by atoms with Gasteiger partial charge >= 0.3 is 0 Å². The van der Waals surface area contributed by atoms with Crippen LogP contribution in [0.3, 0.4) is 0 Å². The Bertz CT molecular complexity index is 633. The second kappa shape index (κ2) is 7.27. The number of ether oxygens (including phenoxy) is 1. The highest BCUT2D eigenvalue weighted by Crippen LogP contribution is 2.29. The molecule has 0 saturated carbocycles. The van der Waals surface area contributed by atoms with Crippen LogP contribution in [0.15, 0.2) is 28.8 Å². The normalized spacial score (nSPS) is 20.4. The molecule has 0 bridgehead atoms. The molecule has 0 unspecified atom stereocenters. The molecule has 128 valence electrons. The SMILES string of the molecule is c1ccc(N2CCC(c3nnc(CN4CCOCC4)o3)CC2)nc1. The van der Waals surface area contributed by atoms with E-state index in [9.17, 15) is 0 Å². The van der Waals surface area contributed by atoms with Gasteiger partial charge in [0.05, 0.1) is 19.8 Å². The summed E-state index contributed by atoms with van der Waals surface area (Å²) in [6.07, 6.45) is 3.89. The lowest BCUT2D eigenvalue weighted by atomic mass is 9.97. The first-order chi connectivity index (χ1) is 11.9. The molecular formula is C17H23N5O2. The van der Waals surface area contributed by atoms with Crippen LogP contribution < -0.4 is 4.90 Å². The molecule has 7 nitrogen and oxygen atoms in total. The van der Waals surface area contributed by atoms with E-state index in [1.54, 1.807) is 0 Å². The van der Waals surface area contributed by atoms with Crippen molar-refractivity contribution in [2.24, 2.45) is 0 Å². The Morgan fingerprint density at radius 2 is 1.88 bits per heavy atom. The Kier molecular flexibility index (Phi) is 4.71. The van der Waals surface area contributed by atoms with Gasteiger partial charge in [0.1, 0.15) is 5.82 Å². The number of pyridine rings is 1. The minimum atomic E-state index is 0.357. The number of nitrogens with zero attached hydrogens (tertiary/aromatic N) is 5. The van der Waals surface area contributed by atoms with Crippen LogP contribution in [0.5, 0.6) is 0 Å². The predicted octanol–water partition coefficient (Wildman–Crippen LogP) is 1.68. The van der Waals surface area contributed by atoms with Crippen LogP contribution in [-0.2, 0) is 11.3 Å². The van der Waals surface area contributed by atoms with Gasteiger partial charge in [-0.05, 0) is 25.0 Å². The average Bonchev–Trinajstić information content (AvgIpc) is 3.12. The number of anilines is 1. The van der Waals surface area contributed by atoms with Gasteiger partial charge in [0.25, 0.3) is 0 Å². The Labute approximate surface area is 141 Å². The molecule has 4 rings (SSSR count). The van der Waals surface area contributed by atoms with Crippen LogP contribution in [0, 0.1) is 0 Å². The molecule has 0 amide bonds. The van der Waals surface area contributed by atoms with E-state index in [2.05, 4.69) is 31.0 Å². The lowest BCUT2D eigenvalue weighted by molar-refractivity contribution is 0.0303. The highest BCUT2D eigenvalue weighted by atomic mass is 16.5. The average molecular weight is 329 g/mol. The summed E-state index contributed by atoms with van der Waals surface area (Å²) in [6, 6.07) is 6.04. The monoisotopic (exact) mass is 329 g/mol. The molecular weight excluding hydrogens is 306 g/mol. The standard InChI is InChI=1S/C17H23N5O2/c1-2-6-18-15(3-1)22-7-4-14(5-8-22)17-20-19-16(24-17)13-21-9-11-23-12-10-21/h1-3,6,14H,4-5,7-13H2. The van der Waals surface area contributed by atoms with E-state index in [0.717, 1.165) is 76.4 Å². The molecule has 2 aliphatic heterocycles. The fourth-order valence-electron chi connectivity index (χ4n) is 3.34. The van der Waals surface area contributed by atoms with E-state index in [1.165, 1.54) is 0 Å². The number of hydrogen-bond donors (Lipinski definition) is 0. The number of hydrogen-bond acceptors (Lipinski definition) is 7. The summed E-state index contributed by atoms with van der Waals surface area (Å²) < 4.78 is 11.3. The Morgan fingerprint density at radius 1 is 1.04 bits per heavy atom. The number of morpholine rings is 1. The minimum absolute atomic E-state index is 0.357. The maximum absolute atomic E-state index is 5.93. The number of piperidine rings is 1. The molecule has 0 aromatic carbocycles. The van der Waals surface area contributed by atoms with Gasteiger partial charge in [-0.15, -0.1) is 10.2 Å². The summed E-state index contributed by atoms with van der Waals surface area (Å²) in [7, 11) is 0. The van der Waals surface area contributed by atoms with Crippen molar-refractivity contribution in [2.45, 2.75) is 25.3 Å². The Morgan fingerprint density at radius 3 is 2.62 bits per heavy atom. The maximum atomic E-state index is 5.93. The van der Waals surface area contributed by atoms with E-state index in [0.29, 0.717) is 5.92 Å². The zero-order chi connectivity index (χ0) is 16.2. The minimum Gasteiger partial charge on any atom is -0.424 e. The van der Waals surface area contributed by atoms with Crippen LogP contribution in [-0.4, -0.2) is 59.5 Å². The van der Waals surface area contributed by atoms with Crippen molar-refractivity contribution in [3.63, 3.8) is 0 Å². The zero-order valence-electron chi connectivity index (χ0n) is 13.8. The van der Waals surface area contributed by atoms with Gasteiger partial charge in [0.2, 0.25) is 11.8 Å². The lowest BCUT2D eigenvalue weighted by Crippen LogP contribution is -2.35. The molecule has 2 fully saturated rings. The molecule has 2 aromatic heterocycles. The van der Waals surface area contributed by atoms with Crippen LogP contribution in [0.25, 0.3) is 0 Å². The highest BCUT2D eigenvalue weighted by molar-refractivity contribution is 5.38. The van der Waals surface area contributed by atoms with Gasteiger partial charge < -0.3 is 14.1 Å². The summed E-state index contributed by atoms with van der Waals surface area (Å²) in [5.41, 5.74) is 0. The molecule has 7 heteroatoms. The molecule has 0 N–H and O–H groups in total. The predicted molar refractivity (Wildman–Crippen MR) is 88.8 cm³/mol. The number of rotatable bonds is 4. The first kappa shape index (κ1) is 15.5. The molecule has 4 heterocycles. The largest absolute Gasteiger partial charge is 0.424 e. The van der Waals surface area contributed by atoms with Crippen molar-refractivity contribution in [1.29, 1.82) is 0 Å². The summed E-state index contributed by atoms with van der Waals surface area (Å²) in [5, 5.41) is 8.53. The molecule has 24 heavy (non-hydrogen) atoms. The molecule has 0 spiro atoms. The van der Waals surface area contributed by atoms with Crippen molar-refractivity contribution in [3.05, 3.63) is 36.2 Å². The quantitative estimate of drug-likeness (QED) is 0.845.